The van der Waals surface area contributed by atoms with Gasteiger partial charge in [0.05, 0.1) is 6.54 Å². The van der Waals surface area contributed by atoms with Gasteiger partial charge in [-0.05, 0) is 55.0 Å². The maximum atomic E-state index is 12.3. The van der Waals surface area contributed by atoms with Crippen molar-refractivity contribution in [2.45, 2.75) is 26.2 Å². The molecule has 126 valence electrons. The molecule has 1 heterocycles. The number of anilines is 2. The first-order valence-electron chi connectivity index (χ1n) is 8.58. The van der Waals surface area contributed by atoms with Gasteiger partial charge >= 0.3 is 0 Å². The molecule has 2 aromatic carbocycles. The minimum Gasteiger partial charge on any atom is -0.398 e. The summed E-state index contributed by atoms with van der Waals surface area (Å²) in [5.41, 5.74) is 11.7. The number of nitrogens with one attached hydrogen (secondary N) is 1. The normalized spacial score (nSPS) is 13.5. The van der Waals surface area contributed by atoms with Crippen LogP contribution in [0, 0.1) is 6.92 Å². The molecular weight excluding hydrogens is 298 g/mol. The number of nitrogens with zero attached hydrogens (tertiary/aromatic N) is 1. The third-order valence-corrected chi connectivity index (χ3v) is 4.70. The SMILES string of the molecule is Cc1ccccc1CCNC(=O)CN1CCCc2c(N)cccc21. The van der Waals surface area contributed by atoms with Gasteiger partial charge in [-0.3, -0.25) is 4.79 Å². The number of benzene rings is 2. The first-order chi connectivity index (χ1) is 11.6. The second kappa shape index (κ2) is 7.39. The molecule has 1 aliphatic heterocycles. The Morgan fingerprint density at radius 1 is 1.21 bits per heavy atom. The Morgan fingerprint density at radius 2 is 2.04 bits per heavy atom. The van der Waals surface area contributed by atoms with E-state index in [0.29, 0.717) is 13.1 Å². The number of nitrogen functional groups attached to an aromatic ring is 1. The number of fused-ring (bicyclic) bond motifs is 1. The molecule has 0 saturated carbocycles. The summed E-state index contributed by atoms with van der Waals surface area (Å²) in [4.78, 5) is 14.4. The molecule has 0 aliphatic carbocycles. The third kappa shape index (κ3) is 3.70. The second-order valence-corrected chi connectivity index (χ2v) is 6.40. The zero-order valence-corrected chi connectivity index (χ0v) is 14.2. The van der Waals surface area contributed by atoms with Gasteiger partial charge in [-0.25, -0.2) is 0 Å². The smallest absolute Gasteiger partial charge is 0.239 e. The van der Waals surface area contributed by atoms with Crippen molar-refractivity contribution in [1.29, 1.82) is 0 Å². The van der Waals surface area contributed by atoms with E-state index in [-0.39, 0.29) is 5.91 Å². The van der Waals surface area contributed by atoms with Crippen molar-refractivity contribution < 1.29 is 4.79 Å². The van der Waals surface area contributed by atoms with Crippen LogP contribution in [0.2, 0.25) is 0 Å². The fourth-order valence-corrected chi connectivity index (χ4v) is 3.35. The van der Waals surface area contributed by atoms with Gasteiger partial charge in [-0.15, -0.1) is 0 Å². The summed E-state index contributed by atoms with van der Waals surface area (Å²) in [6.45, 7) is 4.07. The Kier molecular flexibility index (Phi) is 5.04. The van der Waals surface area contributed by atoms with Gasteiger partial charge in [0.2, 0.25) is 5.91 Å². The molecule has 0 radical (unpaired) electrons. The summed E-state index contributed by atoms with van der Waals surface area (Å²) in [5.74, 6) is 0.0684. The van der Waals surface area contributed by atoms with Crippen LogP contribution in [0.4, 0.5) is 11.4 Å². The summed E-state index contributed by atoms with van der Waals surface area (Å²) < 4.78 is 0. The summed E-state index contributed by atoms with van der Waals surface area (Å²) in [6.07, 6.45) is 2.90. The minimum absolute atomic E-state index is 0.0684. The van der Waals surface area contributed by atoms with Gasteiger partial charge < -0.3 is 16.0 Å². The number of nitrogens with two attached hydrogens (primary N) is 1. The van der Waals surface area contributed by atoms with E-state index in [1.165, 1.54) is 16.7 Å². The fraction of sp³-hybridized carbons (Fsp3) is 0.350. The van der Waals surface area contributed by atoms with Crippen LogP contribution in [0.25, 0.3) is 0 Å². The van der Waals surface area contributed by atoms with Gasteiger partial charge in [0.25, 0.3) is 0 Å². The highest BCUT2D eigenvalue weighted by atomic mass is 16.2. The lowest BCUT2D eigenvalue weighted by Crippen LogP contribution is -2.40. The van der Waals surface area contributed by atoms with E-state index in [4.69, 9.17) is 5.73 Å². The average Bonchev–Trinajstić information content (AvgIpc) is 2.58. The molecule has 0 aromatic heterocycles. The number of hydrogen-bond donors (Lipinski definition) is 2. The molecule has 3 N–H and O–H groups in total. The van der Waals surface area contributed by atoms with Crippen molar-refractivity contribution in [2.75, 3.05) is 30.3 Å². The second-order valence-electron chi connectivity index (χ2n) is 6.40. The van der Waals surface area contributed by atoms with Crippen LogP contribution in [0.3, 0.4) is 0 Å². The highest BCUT2D eigenvalue weighted by molar-refractivity contribution is 5.82. The Balaban J connectivity index is 1.55. The van der Waals surface area contributed by atoms with E-state index in [9.17, 15) is 4.79 Å². The standard InChI is InChI=1S/C20H25N3O/c1-15-6-2-3-7-16(15)11-12-22-20(24)14-23-13-5-8-17-18(21)9-4-10-19(17)23/h2-4,6-7,9-10H,5,8,11-14,21H2,1H3,(H,22,24). The van der Waals surface area contributed by atoms with Crippen molar-refractivity contribution in [3.05, 3.63) is 59.2 Å². The number of hydrogen-bond acceptors (Lipinski definition) is 3. The molecule has 2 aromatic rings. The summed E-state index contributed by atoms with van der Waals surface area (Å²) in [5, 5.41) is 3.04. The topological polar surface area (TPSA) is 58.4 Å². The van der Waals surface area contributed by atoms with Crippen LogP contribution >= 0.6 is 0 Å². The van der Waals surface area contributed by atoms with E-state index in [0.717, 1.165) is 37.2 Å². The Bertz CT molecular complexity index is 727. The lowest BCUT2D eigenvalue weighted by molar-refractivity contribution is -0.119. The van der Waals surface area contributed by atoms with Crippen molar-refractivity contribution in [3.8, 4) is 0 Å². The largest absolute Gasteiger partial charge is 0.398 e. The van der Waals surface area contributed by atoms with Crippen LogP contribution < -0.4 is 16.0 Å². The molecule has 1 aliphatic rings. The van der Waals surface area contributed by atoms with Gasteiger partial charge in [0.15, 0.2) is 0 Å². The molecule has 24 heavy (non-hydrogen) atoms. The van der Waals surface area contributed by atoms with Crippen molar-refractivity contribution in [2.24, 2.45) is 0 Å². The number of rotatable bonds is 5. The van der Waals surface area contributed by atoms with Crippen LogP contribution in [0.1, 0.15) is 23.1 Å². The predicted molar refractivity (Wildman–Crippen MR) is 99.3 cm³/mol. The monoisotopic (exact) mass is 323 g/mol. The Morgan fingerprint density at radius 3 is 2.88 bits per heavy atom. The summed E-state index contributed by atoms with van der Waals surface area (Å²) >= 11 is 0. The molecule has 0 bridgehead atoms. The number of amides is 1. The fourth-order valence-electron chi connectivity index (χ4n) is 3.35. The molecule has 0 unspecified atom stereocenters. The van der Waals surface area contributed by atoms with E-state index in [1.807, 2.05) is 24.3 Å². The molecule has 4 nitrogen and oxygen atoms in total. The Hall–Kier alpha value is -2.49. The molecule has 3 rings (SSSR count). The number of carbonyl (C=O) groups excluding carboxylic acids is 1. The van der Waals surface area contributed by atoms with Gasteiger partial charge in [-0.2, -0.15) is 0 Å². The van der Waals surface area contributed by atoms with Crippen LogP contribution in [-0.2, 0) is 17.6 Å². The summed E-state index contributed by atoms with van der Waals surface area (Å²) in [6, 6.07) is 14.3. The minimum atomic E-state index is 0.0684. The van der Waals surface area contributed by atoms with Crippen LogP contribution in [0.15, 0.2) is 42.5 Å². The zero-order chi connectivity index (χ0) is 16.9. The van der Waals surface area contributed by atoms with E-state index in [2.05, 4.69) is 35.3 Å². The molecule has 4 heteroatoms. The van der Waals surface area contributed by atoms with Crippen molar-refractivity contribution in [3.63, 3.8) is 0 Å². The van der Waals surface area contributed by atoms with Gasteiger partial charge in [0.1, 0.15) is 0 Å². The zero-order valence-electron chi connectivity index (χ0n) is 14.2. The van der Waals surface area contributed by atoms with E-state index < -0.39 is 0 Å². The maximum absolute atomic E-state index is 12.3. The van der Waals surface area contributed by atoms with Gasteiger partial charge in [0, 0.05) is 24.5 Å². The number of aryl methyl sites for hydroxylation is 1. The highest BCUT2D eigenvalue weighted by Gasteiger charge is 2.20. The van der Waals surface area contributed by atoms with E-state index in [1.54, 1.807) is 0 Å². The first kappa shape index (κ1) is 16.4. The molecule has 1 amide bonds. The molecular formula is C20H25N3O. The lowest BCUT2D eigenvalue weighted by Gasteiger charge is -2.31. The van der Waals surface area contributed by atoms with Crippen molar-refractivity contribution in [1.82, 2.24) is 5.32 Å². The van der Waals surface area contributed by atoms with Crippen LogP contribution in [0.5, 0.6) is 0 Å². The molecule has 0 fully saturated rings. The first-order valence-corrected chi connectivity index (χ1v) is 8.58. The Labute approximate surface area is 143 Å². The lowest BCUT2D eigenvalue weighted by atomic mass is 10.00. The predicted octanol–water partition coefficient (Wildman–Crippen LogP) is 2.69. The van der Waals surface area contributed by atoms with Crippen molar-refractivity contribution >= 4 is 17.3 Å². The average molecular weight is 323 g/mol. The van der Waals surface area contributed by atoms with Crippen LogP contribution in [-0.4, -0.2) is 25.5 Å². The molecule has 0 atom stereocenters. The molecule has 0 saturated heterocycles. The maximum Gasteiger partial charge on any atom is 0.239 e. The quantitative estimate of drug-likeness (QED) is 0.832. The third-order valence-electron chi connectivity index (χ3n) is 4.70. The number of carbonyl (C=O) groups is 1. The highest BCUT2D eigenvalue weighted by Crippen LogP contribution is 2.30. The van der Waals surface area contributed by atoms with E-state index >= 15 is 0 Å². The summed E-state index contributed by atoms with van der Waals surface area (Å²) in [7, 11) is 0. The van der Waals surface area contributed by atoms with Gasteiger partial charge in [-0.1, -0.05) is 30.3 Å². The molecule has 0 spiro atoms.